The highest BCUT2D eigenvalue weighted by Crippen LogP contribution is 2.43. The van der Waals surface area contributed by atoms with E-state index in [1.807, 2.05) is 33.3 Å². The predicted octanol–water partition coefficient (Wildman–Crippen LogP) is 24.8. The maximum Gasteiger partial charge on any atom is 0.472 e. The number of ether oxygens (including phenoxy) is 1. The third kappa shape index (κ3) is 70.8. The summed E-state index contributed by atoms with van der Waals surface area (Å²) in [6, 6.07) is -0.859. The molecule has 0 spiro atoms. The fraction of sp³-hybridized carbons (Fsp3) is 0.753. The van der Waals surface area contributed by atoms with Gasteiger partial charge in [0, 0.05) is 12.8 Å². The Morgan fingerprint density at radius 3 is 1.08 bits per heavy atom. The van der Waals surface area contributed by atoms with E-state index >= 15 is 0 Å². The number of carbonyl (C=O) groups is 2. The molecule has 0 aromatic carbocycles. The molecule has 10 heteroatoms. The van der Waals surface area contributed by atoms with Crippen molar-refractivity contribution in [2.24, 2.45) is 0 Å². The fourth-order valence-corrected chi connectivity index (χ4v) is 11.6. The van der Waals surface area contributed by atoms with Crippen molar-refractivity contribution in [3.05, 3.63) is 109 Å². The molecule has 3 atom stereocenters. The van der Waals surface area contributed by atoms with Gasteiger partial charge in [0.15, 0.2) is 0 Å². The monoisotopic (exact) mass is 1290 g/mol. The molecule has 0 aromatic rings. The highest BCUT2D eigenvalue weighted by molar-refractivity contribution is 7.47. The zero-order valence-corrected chi connectivity index (χ0v) is 61.2. The van der Waals surface area contributed by atoms with Crippen LogP contribution in [0.2, 0.25) is 0 Å². The molecule has 0 bridgehead atoms. The van der Waals surface area contributed by atoms with E-state index in [1.54, 1.807) is 0 Å². The fourth-order valence-electron chi connectivity index (χ4n) is 10.9. The number of phosphoric ester groups is 1. The van der Waals surface area contributed by atoms with Gasteiger partial charge in [-0.15, -0.1) is 0 Å². The lowest BCUT2D eigenvalue weighted by Gasteiger charge is -2.27. The van der Waals surface area contributed by atoms with Crippen LogP contribution < -0.4 is 5.32 Å². The van der Waals surface area contributed by atoms with Crippen molar-refractivity contribution in [1.82, 2.24) is 5.32 Å². The van der Waals surface area contributed by atoms with E-state index in [0.717, 1.165) is 116 Å². The van der Waals surface area contributed by atoms with Crippen LogP contribution in [-0.2, 0) is 27.9 Å². The van der Waals surface area contributed by atoms with E-state index in [1.165, 1.54) is 193 Å². The van der Waals surface area contributed by atoms with E-state index in [4.69, 9.17) is 13.8 Å². The molecule has 0 saturated heterocycles. The van der Waals surface area contributed by atoms with Gasteiger partial charge in [-0.2, -0.15) is 0 Å². The van der Waals surface area contributed by atoms with Gasteiger partial charge in [0.1, 0.15) is 19.3 Å². The molecule has 1 amide bonds. The summed E-state index contributed by atoms with van der Waals surface area (Å²) >= 11 is 0. The van der Waals surface area contributed by atoms with Gasteiger partial charge in [-0.1, -0.05) is 323 Å². The van der Waals surface area contributed by atoms with Gasteiger partial charge in [-0.3, -0.25) is 18.6 Å². The van der Waals surface area contributed by atoms with Crippen molar-refractivity contribution in [1.29, 1.82) is 0 Å². The molecular weight excluding hydrogens is 1140 g/mol. The number of nitrogens with one attached hydrogen (secondary N) is 1. The Hall–Kier alpha value is -3.33. The number of nitrogens with zero attached hydrogens (tertiary/aromatic N) is 1. The minimum absolute atomic E-state index is 0.0354. The number of hydrogen-bond donors (Lipinski definition) is 2. The van der Waals surface area contributed by atoms with Crippen molar-refractivity contribution >= 4 is 19.7 Å². The summed E-state index contributed by atoms with van der Waals surface area (Å²) in [5, 5.41) is 3.08. The molecule has 0 aromatic heterocycles. The van der Waals surface area contributed by atoms with E-state index in [2.05, 4.69) is 123 Å². The Kier molecular flexibility index (Phi) is 67.0. The number of unbranched alkanes of at least 4 members (excludes halogenated alkanes) is 37. The number of carbonyl (C=O) groups excluding carboxylic acids is 2. The quantitative estimate of drug-likeness (QED) is 0.0205. The Morgan fingerprint density at radius 1 is 0.396 bits per heavy atom. The van der Waals surface area contributed by atoms with Gasteiger partial charge in [-0.25, -0.2) is 4.57 Å². The molecule has 526 valence electrons. The van der Waals surface area contributed by atoms with Gasteiger partial charge in [0.25, 0.3) is 0 Å². The van der Waals surface area contributed by atoms with Gasteiger partial charge < -0.3 is 19.4 Å². The number of rotatable bonds is 69. The molecule has 0 heterocycles. The standard InChI is InChI=1S/C81H145N2O7P/c1-7-10-13-16-19-22-25-28-30-32-34-36-38-40-41-43-45-47-49-51-53-56-59-62-65-68-71-74-81(85)90-79(72-69-66-63-60-57-54-27-24-21-18-15-12-9-3)78(77-89-91(86,87)88-76-75-83(4,5)6)82-80(84)73-70-67-64-61-58-55-52-50-48-46-44-42-39-37-35-33-31-29-26-23-20-17-14-11-8-2/h10,13,19-20,22-23,28-31,34,36,40-41,45,47,69,72,78-79H,7-9,11-12,14-18,21,24-27,32-33,35,37-39,42-44,46,48-68,70-71,73-77H2,1-6H3,(H-,82,84,86,87)/p+1/b13-10-,22-19-,23-20-,30-28-,31-29-,36-34-,41-40-,47-45-,72-69+. The lowest BCUT2D eigenvalue weighted by molar-refractivity contribution is -0.870. The van der Waals surface area contributed by atoms with Crippen molar-refractivity contribution in [3.63, 3.8) is 0 Å². The normalized spacial score (nSPS) is 14.1. The van der Waals surface area contributed by atoms with Crippen molar-refractivity contribution in [3.8, 4) is 0 Å². The summed E-state index contributed by atoms with van der Waals surface area (Å²) in [7, 11) is 1.49. The van der Waals surface area contributed by atoms with Crippen LogP contribution in [0.3, 0.4) is 0 Å². The molecule has 91 heavy (non-hydrogen) atoms. The van der Waals surface area contributed by atoms with Gasteiger partial charge in [0.05, 0.1) is 33.8 Å². The summed E-state index contributed by atoms with van der Waals surface area (Å²) in [6.07, 6.45) is 96.8. The zero-order chi connectivity index (χ0) is 66.3. The summed E-state index contributed by atoms with van der Waals surface area (Å²) in [4.78, 5) is 38.0. The molecule has 9 nitrogen and oxygen atoms in total. The van der Waals surface area contributed by atoms with Crippen molar-refractivity contribution < 1.29 is 37.3 Å². The minimum atomic E-state index is -4.47. The molecule has 3 unspecified atom stereocenters. The average Bonchev–Trinajstić information content (AvgIpc) is 3.73. The Labute approximate surface area is 563 Å². The molecule has 0 radical (unpaired) electrons. The number of esters is 1. The lowest BCUT2D eigenvalue weighted by atomic mass is 10.0. The largest absolute Gasteiger partial charge is 0.472 e. The third-order valence-electron chi connectivity index (χ3n) is 16.7. The van der Waals surface area contributed by atoms with E-state index in [9.17, 15) is 19.0 Å². The predicted molar refractivity (Wildman–Crippen MR) is 397 cm³/mol. The van der Waals surface area contributed by atoms with E-state index in [-0.39, 0.29) is 31.5 Å². The van der Waals surface area contributed by atoms with Crippen LogP contribution >= 0.6 is 7.82 Å². The van der Waals surface area contributed by atoms with Crippen LogP contribution in [0.5, 0.6) is 0 Å². The third-order valence-corrected chi connectivity index (χ3v) is 17.7. The Bertz CT molecular complexity index is 1930. The molecule has 0 rings (SSSR count). The topological polar surface area (TPSA) is 111 Å². The maximum atomic E-state index is 13.7. The van der Waals surface area contributed by atoms with E-state index < -0.39 is 20.0 Å². The van der Waals surface area contributed by atoms with Crippen molar-refractivity contribution in [2.45, 2.75) is 354 Å². The van der Waals surface area contributed by atoms with Crippen LogP contribution in [0.4, 0.5) is 0 Å². The van der Waals surface area contributed by atoms with Crippen LogP contribution in [0, 0.1) is 0 Å². The van der Waals surface area contributed by atoms with Gasteiger partial charge in [0.2, 0.25) is 5.91 Å². The number of phosphoric acid groups is 1. The molecule has 2 N–H and O–H groups in total. The minimum Gasteiger partial charge on any atom is -0.456 e. The summed E-state index contributed by atoms with van der Waals surface area (Å²) in [6.45, 7) is 6.90. The zero-order valence-electron chi connectivity index (χ0n) is 60.3. The molecule has 0 aliphatic rings. The smallest absolute Gasteiger partial charge is 0.456 e. The van der Waals surface area contributed by atoms with E-state index in [0.29, 0.717) is 17.4 Å². The molecule has 0 aliphatic heterocycles. The second-order valence-electron chi connectivity index (χ2n) is 26.8. The second-order valence-corrected chi connectivity index (χ2v) is 28.2. The van der Waals surface area contributed by atoms with Crippen LogP contribution in [0.15, 0.2) is 109 Å². The van der Waals surface area contributed by atoms with Crippen LogP contribution in [-0.4, -0.2) is 74.3 Å². The molecule has 0 fully saturated rings. The first-order chi connectivity index (χ1) is 44.4. The number of likely N-dealkylation sites (N-methyl/N-ethyl adjacent to an activating group) is 1. The van der Waals surface area contributed by atoms with Crippen molar-refractivity contribution in [2.75, 3.05) is 40.9 Å². The Morgan fingerprint density at radius 2 is 0.703 bits per heavy atom. The summed E-state index contributed by atoms with van der Waals surface area (Å²) in [5.74, 6) is -0.508. The SMILES string of the molecule is CC/C=C\C/C=C\C/C=C\C/C=C\C/C=C\C/C=C\CCCCCCCCCCC(=O)OC(/C=C/CCCCCCCCCCCCC)C(COP(=O)(O)OCC[N+](C)(C)C)NC(=O)CCCCCCCCCCCCCCCCC/C=C\C/C=C\CCCCC. The Balaban J connectivity index is 5.05. The highest BCUT2D eigenvalue weighted by atomic mass is 31.2. The molecular formula is C81H146N2O7P+. The second kappa shape index (κ2) is 69.5. The van der Waals surface area contributed by atoms with Crippen LogP contribution in [0.1, 0.15) is 342 Å². The highest BCUT2D eigenvalue weighted by Gasteiger charge is 2.30. The van der Waals surface area contributed by atoms with Gasteiger partial charge >= 0.3 is 13.8 Å². The summed E-state index contributed by atoms with van der Waals surface area (Å²) < 4.78 is 30.9. The average molecular weight is 1290 g/mol. The first kappa shape index (κ1) is 87.7. The molecule has 0 aliphatic carbocycles. The number of quaternary nitrogens is 1. The first-order valence-electron chi connectivity index (χ1n) is 38.2. The lowest BCUT2D eigenvalue weighted by Crippen LogP contribution is -2.47. The number of hydrogen-bond acceptors (Lipinski definition) is 6. The van der Waals surface area contributed by atoms with Crippen LogP contribution in [0.25, 0.3) is 0 Å². The molecule has 0 saturated carbocycles. The maximum absolute atomic E-state index is 13.7. The number of amides is 1. The first-order valence-corrected chi connectivity index (χ1v) is 39.7. The number of allylic oxidation sites excluding steroid dienone is 17. The van der Waals surface area contributed by atoms with Gasteiger partial charge in [-0.05, 0) is 115 Å². The summed E-state index contributed by atoms with van der Waals surface area (Å²) in [5.41, 5.74) is 0.